The van der Waals surface area contributed by atoms with E-state index in [2.05, 4.69) is 48.5 Å². The molecule has 0 saturated carbocycles. The second kappa shape index (κ2) is 11.9. The van der Waals surface area contributed by atoms with E-state index in [-0.39, 0.29) is 0 Å². The maximum absolute atomic E-state index is 8.49. The molecule has 0 unspecified atom stereocenters. The molecule has 0 aliphatic carbocycles. The predicted molar refractivity (Wildman–Crippen MR) is 125 cm³/mol. The fraction of sp³-hybridized carbons (Fsp3) is 0.115. The number of benzene rings is 3. The minimum absolute atomic E-state index is 0.850. The molecule has 0 bridgehead atoms. The van der Waals surface area contributed by atoms with Gasteiger partial charge in [-0.25, -0.2) is 18.6 Å². The molecule has 0 spiro atoms. The third-order valence-electron chi connectivity index (χ3n) is 4.97. The lowest BCUT2D eigenvalue weighted by Crippen LogP contribution is -2.68. The molecule has 0 fully saturated rings. The number of ether oxygens (including phenoxy) is 3. The summed E-state index contributed by atoms with van der Waals surface area (Å²) in [6, 6.07) is 29.0. The molecule has 0 amide bonds. The van der Waals surface area contributed by atoms with E-state index < -0.39 is 10.2 Å². The van der Waals surface area contributed by atoms with Gasteiger partial charge in [0.15, 0.2) is 0 Å². The molecule has 0 aliphatic rings. The van der Waals surface area contributed by atoms with Crippen LogP contribution in [0.15, 0.2) is 84.9 Å². The van der Waals surface area contributed by atoms with E-state index in [4.69, 9.17) is 32.8 Å². The van der Waals surface area contributed by atoms with Crippen LogP contribution in [0.5, 0.6) is 17.2 Å². The van der Waals surface area contributed by atoms with E-state index in [1.54, 1.807) is 32.7 Å². The highest BCUT2D eigenvalue weighted by Gasteiger charge is 2.19. The second-order valence-electron chi connectivity index (χ2n) is 7.14. The fourth-order valence-corrected chi connectivity index (χ4v) is 4.36. The molecule has 9 heteroatoms. The van der Waals surface area contributed by atoms with Gasteiger partial charge in [0.05, 0.1) is 21.3 Å². The highest BCUT2D eigenvalue weighted by Crippen LogP contribution is 2.38. The van der Waals surface area contributed by atoms with Crippen LogP contribution >= 0.6 is 11.3 Å². The van der Waals surface area contributed by atoms with E-state index in [0.29, 0.717) is 0 Å². The highest BCUT2D eigenvalue weighted by molar-refractivity contribution is 7.18. The zero-order chi connectivity index (χ0) is 25.4. The van der Waals surface area contributed by atoms with Crippen LogP contribution in [-0.4, -0.2) is 21.3 Å². The molecule has 7 nitrogen and oxygen atoms in total. The minimum atomic E-state index is -4.94. The van der Waals surface area contributed by atoms with Gasteiger partial charge < -0.3 is 14.2 Å². The Bertz CT molecular complexity index is 1060. The van der Waals surface area contributed by atoms with Gasteiger partial charge >= 0.3 is 0 Å². The summed E-state index contributed by atoms with van der Waals surface area (Å²) in [7, 11) is 0.107. The molecule has 1 heterocycles. The number of halogens is 1. The standard InChI is InChI=1S/C26H23O3S.ClHO4/c1-27-22-10-4-18(5-11-22)21-16-25(19-6-12-23(28-2)13-7-19)30-26(17-21)20-8-14-24(29-3)15-9-20;2-1(3,4)5/h4-17H,1-3H3;(H,2,3,4,5)/q+1;/p-1. The monoisotopic (exact) mass is 514 g/mol. The first-order chi connectivity index (χ1) is 16.7. The molecule has 0 N–H and O–H groups in total. The van der Waals surface area contributed by atoms with Crippen molar-refractivity contribution in [2.24, 2.45) is 0 Å². The predicted octanol–water partition coefficient (Wildman–Crippen LogP) is 2.30. The first-order valence-corrected chi connectivity index (χ1v) is 12.3. The summed E-state index contributed by atoms with van der Waals surface area (Å²) in [5, 5.41) is 0. The number of methoxy groups -OCH3 is 3. The van der Waals surface area contributed by atoms with Crippen molar-refractivity contribution in [3.8, 4) is 49.3 Å². The van der Waals surface area contributed by atoms with E-state index in [0.717, 1.165) is 39.5 Å². The zero-order valence-corrected chi connectivity index (χ0v) is 20.8. The molecule has 3 aromatic carbocycles. The molecule has 0 radical (unpaired) electrons. The van der Waals surface area contributed by atoms with E-state index in [9.17, 15) is 0 Å². The topological polar surface area (TPSA) is 120 Å². The summed E-state index contributed by atoms with van der Waals surface area (Å²) in [6.45, 7) is 0. The van der Waals surface area contributed by atoms with Crippen molar-refractivity contribution in [3.63, 3.8) is 0 Å². The molecule has 0 aliphatic heterocycles. The van der Waals surface area contributed by atoms with E-state index in [1.807, 2.05) is 36.4 Å². The smallest absolute Gasteiger partial charge is 0.239 e. The summed E-state index contributed by atoms with van der Waals surface area (Å²) in [5.74, 6) is 2.55. The first-order valence-electron chi connectivity index (χ1n) is 10.2. The second-order valence-corrected chi connectivity index (χ2v) is 8.98. The van der Waals surface area contributed by atoms with Crippen LogP contribution in [0.2, 0.25) is 0 Å². The average molecular weight is 515 g/mol. The first kappa shape index (κ1) is 26.4. The molecule has 182 valence electrons. The van der Waals surface area contributed by atoms with E-state index in [1.165, 1.54) is 9.75 Å². The third kappa shape index (κ3) is 7.90. The third-order valence-corrected chi connectivity index (χ3v) is 6.11. The zero-order valence-electron chi connectivity index (χ0n) is 19.2. The largest absolute Gasteiger partial charge is 0.497 e. The Morgan fingerprint density at radius 3 is 1.06 bits per heavy atom. The summed E-state index contributed by atoms with van der Waals surface area (Å²) < 4.78 is 49.9. The van der Waals surface area contributed by atoms with Crippen LogP contribution < -0.4 is 32.8 Å². The minimum Gasteiger partial charge on any atom is -0.497 e. The molecule has 35 heavy (non-hydrogen) atoms. The van der Waals surface area contributed by atoms with Crippen molar-refractivity contribution >= 4 is 11.3 Å². The van der Waals surface area contributed by atoms with Crippen molar-refractivity contribution < 1.29 is 43.1 Å². The van der Waals surface area contributed by atoms with Gasteiger partial charge in [-0.05, 0) is 71.8 Å². The molecule has 1 aromatic heterocycles. The Morgan fingerprint density at radius 2 is 0.771 bits per heavy atom. The molecule has 0 atom stereocenters. The Morgan fingerprint density at radius 1 is 0.486 bits per heavy atom. The summed E-state index contributed by atoms with van der Waals surface area (Å²) >= 11 is 1.77. The quantitative estimate of drug-likeness (QED) is 0.362. The Balaban J connectivity index is 0.000000623. The molecular weight excluding hydrogens is 492 g/mol. The summed E-state index contributed by atoms with van der Waals surface area (Å²) in [6.07, 6.45) is 0. The van der Waals surface area contributed by atoms with Gasteiger partial charge in [-0.3, -0.25) is 0 Å². The van der Waals surface area contributed by atoms with Crippen LogP contribution in [0.3, 0.4) is 0 Å². The lowest BCUT2D eigenvalue weighted by molar-refractivity contribution is -2.00. The SMILES string of the molecule is COc1ccc(-c2cc(-c3ccc(OC)cc3)[s+]c(-c3ccc(OC)cc3)c2)cc1.[O-][Cl+3]([O-])([O-])[O-]. The molecule has 4 aromatic rings. The van der Waals surface area contributed by atoms with Gasteiger partial charge in [-0.15, -0.1) is 10.2 Å². The van der Waals surface area contributed by atoms with Gasteiger partial charge in [0.2, 0.25) is 21.1 Å². The molecule has 0 saturated heterocycles. The summed E-state index contributed by atoms with van der Waals surface area (Å²) in [5.41, 5.74) is 4.62. The van der Waals surface area contributed by atoms with Crippen molar-refractivity contribution in [1.29, 1.82) is 0 Å². The lowest BCUT2D eigenvalue weighted by Gasteiger charge is -2.17. The molecule has 4 rings (SSSR count). The average Bonchev–Trinajstić information content (AvgIpc) is 2.87. The molecular formula is C26H23ClO7S. The van der Waals surface area contributed by atoms with Crippen LogP contribution in [0.4, 0.5) is 0 Å². The Kier molecular flexibility index (Phi) is 9.00. The number of hydrogen-bond acceptors (Lipinski definition) is 7. The van der Waals surface area contributed by atoms with Crippen molar-refractivity contribution in [2.75, 3.05) is 21.3 Å². The van der Waals surface area contributed by atoms with Crippen LogP contribution in [-0.2, 0) is 0 Å². The highest BCUT2D eigenvalue weighted by atomic mass is 35.7. The van der Waals surface area contributed by atoms with Gasteiger partial charge in [0.1, 0.15) is 17.2 Å². The van der Waals surface area contributed by atoms with Crippen LogP contribution in [0.1, 0.15) is 0 Å². The Hall–Kier alpha value is -3.24. The lowest BCUT2D eigenvalue weighted by atomic mass is 10.0. The van der Waals surface area contributed by atoms with E-state index >= 15 is 0 Å². The van der Waals surface area contributed by atoms with Crippen LogP contribution in [0, 0.1) is 10.2 Å². The Labute approximate surface area is 209 Å². The van der Waals surface area contributed by atoms with Gasteiger partial charge in [0.25, 0.3) is 0 Å². The van der Waals surface area contributed by atoms with Gasteiger partial charge in [0, 0.05) is 23.3 Å². The van der Waals surface area contributed by atoms with Crippen LogP contribution in [0.25, 0.3) is 32.0 Å². The van der Waals surface area contributed by atoms with Gasteiger partial charge in [-0.2, -0.15) is 0 Å². The summed E-state index contributed by atoms with van der Waals surface area (Å²) in [4.78, 5) is 2.38. The maximum Gasteiger partial charge on any atom is 0.239 e. The normalized spacial score (nSPS) is 10.7. The van der Waals surface area contributed by atoms with Gasteiger partial charge in [-0.1, -0.05) is 12.1 Å². The van der Waals surface area contributed by atoms with Crippen molar-refractivity contribution in [1.82, 2.24) is 0 Å². The number of rotatable bonds is 6. The van der Waals surface area contributed by atoms with Crippen molar-refractivity contribution in [3.05, 3.63) is 84.9 Å². The van der Waals surface area contributed by atoms with Crippen molar-refractivity contribution in [2.45, 2.75) is 0 Å². The maximum atomic E-state index is 8.49. The fourth-order valence-electron chi connectivity index (χ4n) is 3.25. The number of hydrogen-bond donors (Lipinski definition) is 0.